The highest BCUT2D eigenvalue weighted by Crippen LogP contribution is 2.27. The van der Waals surface area contributed by atoms with Gasteiger partial charge in [0.25, 0.3) is 0 Å². The third-order valence-electron chi connectivity index (χ3n) is 2.89. The lowest BCUT2D eigenvalue weighted by atomic mass is 10.0. The van der Waals surface area contributed by atoms with Crippen molar-refractivity contribution in [1.29, 1.82) is 0 Å². The average molecular weight is 346 g/mol. The highest BCUT2D eigenvalue weighted by Gasteiger charge is 2.21. The minimum absolute atomic E-state index is 0.00630. The molecule has 0 radical (unpaired) electrons. The Morgan fingerprint density at radius 3 is 2.45 bits per heavy atom. The summed E-state index contributed by atoms with van der Waals surface area (Å²) < 4.78 is 29.4. The minimum atomic E-state index is -1.31. The number of hydrogen-bond acceptors (Lipinski definition) is 3. The maximum absolute atomic E-state index is 13.8. The van der Waals surface area contributed by atoms with Crippen LogP contribution in [-0.4, -0.2) is 19.9 Å². The van der Waals surface area contributed by atoms with Gasteiger partial charge in [0.15, 0.2) is 0 Å². The topological polar surface area (TPSA) is 50.9 Å². The van der Waals surface area contributed by atoms with Gasteiger partial charge in [-0.2, -0.15) is 5.10 Å². The number of benzene rings is 1. The van der Waals surface area contributed by atoms with E-state index in [-0.39, 0.29) is 22.5 Å². The first kappa shape index (κ1) is 15.1. The van der Waals surface area contributed by atoms with Gasteiger partial charge in [-0.25, -0.2) is 18.4 Å². The minimum Gasteiger partial charge on any atom is -0.388 e. The Labute approximate surface area is 123 Å². The van der Waals surface area contributed by atoms with Crippen molar-refractivity contribution < 1.29 is 13.9 Å². The second-order valence-electron chi connectivity index (χ2n) is 4.72. The maximum atomic E-state index is 13.8. The van der Waals surface area contributed by atoms with E-state index >= 15 is 0 Å². The zero-order valence-corrected chi connectivity index (χ0v) is 12.6. The Balaban J connectivity index is 2.29. The van der Waals surface area contributed by atoms with Crippen LogP contribution in [-0.2, 0) is 6.42 Å². The van der Waals surface area contributed by atoms with Crippen LogP contribution in [0.2, 0.25) is 0 Å². The van der Waals surface area contributed by atoms with Crippen LogP contribution in [0.4, 0.5) is 8.78 Å². The van der Waals surface area contributed by atoms with Gasteiger partial charge in [-0.05, 0) is 26.0 Å². The van der Waals surface area contributed by atoms with Gasteiger partial charge >= 0.3 is 0 Å². The van der Waals surface area contributed by atoms with E-state index < -0.39 is 17.7 Å². The molecule has 0 aliphatic carbocycles. The Morgan fingerprint density at radius 2 is 1.90 bits per heavy atom. The van der Waals surface area contributed by atoms with Gasteiger partial charge in [-0.15, -0.1) is 0 Å². The molecule has 0 saturated carbocycles. The van der Waals surface area contributed by atoms with E-state index in [9.17, 15) is 13.9 Å². The van der Waals surface area contributed by atoms with Crippen LogP contribution in [0, 0.1) is 11.6 Å². The van der Waals surface area contributed by atoms with Crippen molar-refractivity contribution in [1.82, 2.24) is 14.8 Å². The second-order valence-corrected chi connectivity index (χ2v) is 5.63. The van der Waals surface area contributed by atoms with E-state index in [1.54, 1.807) is 4.68 Å². The molecular weight excluding hydrogens is 332 g/mol. The highest BCUT2D eigenvalue weighted by atomic mass is 79.9. The van der Waals surface area contributed by atoms with Crippen LogP contribution < -0.4 is 0 Å². The molecule has 20 heavy (non-hydrogen) atoms. The molecule has 0 saturated heterocycles. The van der Waals surface area contributed by atoms with Crippen molar-refractivity contribution in [2.75, 3.05) is 0 Å². The fourth-order valence-corrected chi connectivity index (χ4v) is 2.40. The summed E-state index contributed by atoms with van der Waals surface area (Å²) in [5, 5.41) is 14.1. The lowest BCUT2D eigenvalue weighted by molar-refractivity contribution is 0.163. The Kier molecular flexibility index (Phi) is 4.49. The third kappa shape index (κ3) is 3.04. The van der Waals surface area contributed by atoms with Gasteiger partial charge in [-0.1, -0.05) is 15.9 Å². The predicted molar refractivity (Wildman–Crippen MR) is 73.1 cm³/mol. The van der Waals surface area contributed by atoms with Crippen LogP contribution in [0.3, 0.4) is 0 Å². The van der Waals surface area contributed by atoms with E-state index in [0.717, 1.165) is 12.1 Å². The molecular formula is C13H14BrF2N3O. The standard InChI is InChI=1S/C13H14BrF2N3O/c1-7(2)19-12(17-6-18-19)5-11(20)13-9(15)3-8(14)4-10(13)16/h3-4,6-7,11,20H,5H2,1-2H3. The molecule has 108 valence electrons. The Morgan fingerprint density at radius 1 is 1.30 bits per heavy atom. The molecule has 0 amide bonds. The second kappa shape index (κ2) is 5.97. The summed E-state index contributed by atoms with van der Waals surface area (Å²) in [4.78, 5) is 4.02. The van der Waals surface area contributed by atoms with Gasteiger partial charge in [0.2, 0.25) is 0 Å². The molecule has 0 fully saturated rings. The van der Waals surface area contributed by atoms with Crippen molar-refractivity contribution in [2.24, 2.45) is 0 Å². The molecule has 1 atom stereocenters. The molecule has 2 aromatic rings. The molecule has 0 spiro atoms. The van der Waals surface area contributed by atoms with Crippen molar-refractivity contribution in [3.05, 3.63) is 46.0 Å². The number of rotatable bonds is 4. The van der Waals surface area contributed by atoms with Gasteiger partial charge in [0, 0.05) is 16.9 Å². The quantitative estimate of drug-likeness (QED) is 0.925. The van der Waals surface area contributed by atoms with Crippen molar-refractivity contribution >= 4 is 15.9 Å². The molecule has 2 rings (SSSR count). The zero-order chi connectivity index (χ0) is 14.9. The number of hydrogen-bond donors (Lipinski definition) is 1. The molecule has 1 unspecified atom stereocenters. The third-order valence-corrected chi connectivity index (χ3v) is 3.35. The normalized spacial score (nSPS) is 12.9. The predicted octanol–water partition coefficient (Wildman–Crippen LogP) is 3.18. The summed E-state index contributed by atoms with van der Waals surface area (Å²) >= 11 is 3.00. The maximum Gasteiger partial charge on any atom is 0.138 e. The molecule has 1 aromatic heterocycles. The molecule has 1 heterocycles. The van der Waals surface area contributed by atoms with Gasteiger partial charge < -0.3 is 5.11 Å². The fraction of sp³-hybridized carbons (Fsp3) is 0.385. The average Bonchev–Trinajstić information content (AvgIpc) is 2.75. The Hall–Kier alpha value is -1.34. The molecule has 1 N–H and O–H groups in total. The van der Waals surface area contributed by atoms with Crippen LogP contribution in [0.25, 0.3) is 0 Å². The van der Waals surface area contributed by atoms with Crippen LogP contribution in [0.15, 0.2) is 22.9 Å². The summed E-state index contributed by atoms with van der Waals surface area (Å²) in [7, 11) is 0. The van der Waals surface area contributed by atoms with Crippen LogP contribution in [0.1, 0.15) is 37.4 Å². The monoisotopic (exact) mass is 345 g/mol. The molecule has 0 aliphatic rings. The van der Waals surface area contributed by atoms with Gasteiger partial charge in [0.1, 0.15) is 23.8 Å². The van der Waals surface area contributed by atoms with Gasteiger partial charge in [-0.3, -0.25) is 0 Å². The number of aliphatic hydroxyl groups is 1. The molecule has 0 aliphatic heterocycles. The van der Waals surface area contributed by atoms with E-state index in [4.69, 9.17) is 0 Å². The molecule has 0 bridgehead atoms. The molecule has 1 aromatic carbocycles. The number of halogens is 3. The highest BCUT2D eigenvalue weighted by molar-refractivity contribution is 9.10. The van der Waals surface area contributed by atoms with E-state index in [1.165, 1.54) is 6.33 Å². The summed E-state index contributed by atoms with van der Waals surface area (Å²) in [5.74, 6) is -1.10. The first-order valence-corrected chi connectivity index (χ1v) is 6.90. The lowest BCUT2D eigenvalue weighted by Crippen LogP contribution is -2.14. The fourth-order valence-electron chi connectivity index (χ4n) is 2.00. The summed E-state index contributed by atoms with van der Waals surface area (Å²) in [6, 6.07) is 2.29. The van der Waals surface area contributed by atoms with E-state index in [1.807, 2.05) is 13.8 Å². The largest absolute Gasteiger partial charge is 0.388 e. The first-order valence-electron chi connectivity index (χ1n) is 6.11. The smallest absolute Gasteiger partial charge is 0.138 e. The van der Waals surface area contributed by atoms with Crippen molar-refractivity contribution in [2.45, 2.75) is 32.4 Å². The van der Waals surface area contributed by atoms with Crippen LogP contribution >= 0.6 is 15.9 Å². The number of nitrogens with zero attached hydrogens (tertiary/aromatic N) is 3. The van der Waals surface area contributed by atoms with E-state index in [2.05, 4.69) is 26.0 Å². The van der Waals surface area contributed by atoms with Crippen LogP contribution in [0.5, 0.6) is 0 Å². The summed E-state index contributed by atoms with van der Waals surface area (Å²) in [6.45, 7) is 3.82. The number of aromatic nitrogens is 3. The summed E-state index contributed by atoms with van der Waals surface area (Å²) in [5.41, 5.74) is -0.355. The molecule has 4 nitrogen and oxygen atoms in total. The lowest BCUT2D eigenvalue weighted by Gasteiger charge is -2.15. The van der Waals surface area contributed by atoms with Crippen molar-refractivity contribution in [3.8, 4) is 0 Å². The number of aliphatic hydroxyl groups excluding tert-OH is 1. The Bertz CT molecular complexity index is 592. The van der Waals surface area contributed by atoms with E-state index in [0.29, 0.717) is 5.82 Å². The van der Waals surface area contributed by atoms with Crippen molar-refractivity contribution in [3.63, 3.8) is 0 Å². The molecule has 7 heteroatoms. The SMILES string of the molecule is CC(C)n1ncnc1CC(O)c1c(F)cc(Br)cc1F. The van der Waals surface area contributed by atoms with Gasteiger partial charge in [0.05, 0.1) is 11.7 Å². The summed E-state index contributed by atoms with van der Waals surface area (Å²) in [6.07, 6.45) is 0.0362. The first-order chi connectivity index (χ1) is 9.40. The zero-order valence-electron chi connectivity index (χ0n) is 11.0.